The van der Waals surface area contributed by atoms with E-state index in [1.165, 1.54) is 0 Å². The molecule has 0 saturated carbocycles. The van der Waals surface area contributed by atoms with E-state index in [1.807, 2.05) is 19.2 Å². The zero-order valence-electron chi connectivity index (χ0n) is 20.0. The fourth-order valence-electron chi connectivity index (χ4n) is 4.19. The molecule has 0 radical (unpaired) electrons. The third-order valence-electron chi connectivity index (χ3n) is 5.96. The summed E-state index contributed by atoms with van der Waals surface area (Å²) in [6.45, 7) is 8.16. The number of hydrogen-bond donors (Lipinski definition) is 1. The second-order valence-corrected chi connectivity index (χ2v) is 11.2. The summed E-state index contributed by atoms with van der Waals surface area (Å²) in [5.74, 6) is 1.19. The third-order valence-corrected chi connectivity index (χ3v) is 7.01. The van der Waals surface area contributed by atoms with Crippen molar-refractivity contribution >= 4 is 41.1 Å². The summed E-state index contributed by atoms with van der Waals surface area (Å²) in [5, 5.41) is 3.30. The highest BCUT2D eigenvalue weighted by Gasteiger charge is 2.44. The number of halogens is 1. The van der Waals surface area contributed by atoms with Crippen LogP contribution in [-0.2, 0) is 9.53 Å². The lowest BCUT2D eigenvalue weighted by Crippen LogP contribution is -2.56. The van der Waals surface area contributed by atoms with Gasteiger partial charge in [0.05, 0.1) is 12.0 Å². The molecule has 2 amide bonds. The van der Waals surface area contributed by atoms with Crippen molar-refractivity contribution < 1.29 is 23.9 Å². The van der Waals surface area contributed by atoms with Crippen molar-refractivity contribution in [3.05, 3.63) is 28.3 Å². The van der Waals surface area contributed by atoms with Crippen LogP contribution >= 0.6 is 23.4 Å². The number of ether oxygens (including phenoxy) is 2. The van der Waals surface area contributed by atoms with Crippen LogP contribution in [0.4, 0.5) is 4.79 Å². The molecule has 1 fully saturated rings. The first kappa shape index (κ1) is 25.7. The van der Waals surface area contributed by atoms with E-state index in [2.05, 4.69) is 5.32 Å². The van der Waals surface area contributed by atoms with Crippen LogP contribution < -0.4 is 10.1 Å². The monoisotopic (exact) mass is 496 g/mol. The molecular formula is C24H33ClN2O5S. The molecular weight excluding hydrogens is 464 g/mol. The number of fused-ring (bicyclic) bond motifs is 1. The average molecular weight is 497 g/mol. The summed E-state index contributed by atoms with van der Waals surface area (Å²) >= 11 is 7.80. The third kappa shape index (κ3) is 6.35. The minimum atomic E-state index is -0.652. The molecule has 0 aromatic heterocycles. The molecule has 1 atom stereocenters. The number of carbonyl (C=O) groups excluding carboxylic acids is 3. The zero-order valence-corrected chi connectivity index (χ0v) is 21.5. The number of nitrogens with zero attached hydrogens (tertiary/aromatic N) is 1. The second-order valence-electron chi connectivity index (χ2n) is 9.79. The molecule has 9 heteroatoms. The lowest BCUT2D eigenvalue weighted by Gasteiger charge is -2.44. The van der Waals surface area contributed by atoms with Crippen LogP contribution in [0.15, 0.2) is 12.1 Å². The second kappa shape index (κ2) is 10.1. The Bertz CT molecular complexity index is 922. The molecule has 1 N–H and O–H groups in total. The zero-order chi connectivity index (χ0) is 24.4. The fraction of sp³-hybridized carbons (Fsp3) is 0.625. The molecule has 1 aromatic rings. The molecule has 0 aliphatic carbocycles. The van der Waals surface area contributed by atoms with E-state index < -0.39 is 23.3 Å². The Hall–Kier alpha value is -1.93. The average Bonchev–Trinajstić information content (AvgIpc) is 2.71. The number of rotatable bonds is 5. The Morgan fingerprint density at radius 3 is 2.58 bits per heavy atom. The molecule has 1 spiro atoms. The van der Waals surface area contributed by atoms with Gasteiger partial charge in [-0.3, -0.25) is 9.59 Å². The Morgan fingerprint density at radius 2 is 1.97 bits per heavy atom. The van der Waals surface area contributed by atoms with E-state index in [0.29, 0.717) is 48.7 Å². The van der Waals surface area contributed by atoms with Crippen LogP contribution in [0.25, 0.3) is 0 Å². The van der Waals surface area contributed by atoms with Crippen LogP contribution in [0.5, 0.6) is 5.75 Å². The van der Waals surface area contributed by atoms with E-state index in [9.17, 15) is 14.4 Å². The minimum Gasteiger partial charge on any atom is -0.486 e. The lowest BCUT2D eigenvalue weighted by molar-refractivity contribution is -0.137. The van der Waals surface area contributed by atoms with Gasteiger partial charge in [0.2, 0.25) is 5.91 Å². The number of thioether (sulfide) groups is 1. The molecule has 182 valence electrons. The van der Waals surface area contributed by atoms with Crippen molar-refractivity contribution in [1.29, 1.82) is 0 Å². The van der Waals surface area contributed by atoms with Gasteiger partial charge in [-0.25, -0.2) is 4.79 Å². The van der Waals surface area contributed by atoms with Gasteiger partial charge in [0.25, 0.3) is 0 Å². The molecule has 3 rings (SSSR count). The predicted octanol–water partition coefficient (Wildman–Crippen LogP) is 4.62. The number of ketones is 1. The van der Waals surface area contributed by atoms with Crippen LogP contribution in [0, 0.1) is 6.92 Å². The van der Waals surface area contributed by atoms with Crippen molar-refractivity contribution in [3.63, 3.8) is 0 Å². The van der Waals surface area contributed by atoms with Crippen LogP contribution in [0.1, 0.15) is 62.4 Å². The maximum absolute atomic E-state index is 13.2. The molecule has 1 saturated heterocycles. The lowest BCUT2D eigenvalue weighted by atomic mass is 9.82. The van der Waals surface area contributed by atoms with Gasteiger partial charge >= 0.3 is 6.09 Å². The number of carbonyl (C=O) groups is 3. The van der Waals surface area contributed by atoms with Crippen molar-refractivity contribution in [3.8, 4) is 5.75 Å². The number of nitrogens with one attached hydrogen (secondary N) is 1. The van der Waals surface area contributed by atoms with Crippen LogP contribution in [0.3, 0.4) is 0 Å². The first-order valence-corrected chi connectivity index (χ1v) is 13.0. The number of likely N-dealkylation sites (tertiary alicyclic amines) is 1. The maximum atomic E-state index is 13.2. The highest BCUT2D eigenvalue weighted by molar-refractivity contribution is 7.98. The van der Waals surface area contributed by atoms with Gasteiger partial charge in [0, 0.05) is 31.0 Å². The van der Waals surface area contributed by atoms with Gasteiger partial charge in [-0.15, -0.1) is 0 Å². The topological polar surface area (TPSA) is 84.9 Å². The van der Waals surface area contributed by atoms with Crippen molar-refractivity contribution in [1.82, 2.24) is 10.2 Å². The van der Waals surface area contributed by atoms with Gasteiger partial charge < -0.3 is 19.7 Å². The van der Waals surface area contributed by atoms with E-state index in [-0.39, 0.29) is 18.1 Å². The fourth-order valence-corrected chi connectivity index (χ4v) is 4.83. The molecule has 2 aliphatic heterocycles. The van der Waals surface area contributed by atoms with Gasteiger partial charge in [-0.05, 0) is 63.8 Å². The highest BCUT2D eigenvalue weighted by Crippen LogP contribution is 2.41. The summed E-state index contributed by atoms with van der Waals surface area (Å²) in [4.78, 5) is 40.1. The van der Waals surface area contributed by atoms with Gasteiger partial charge in [-0.2, -0.15) is 11.8 Å². The SMILES string of the molecule is CSCCC(NC(=O)OC(C)(C)C)C(=O)N1CCC2(CC1)CC(=O)c1cc(Cl)c(C)cc1O2. The molecule has 7 nitrogen and oxygen atoms in total. The smallest absolute Gasteiger partial charge is 0.408 e. The van der Waals surface area contributed by atoms with E-state index >= 15 is 0 Å². The number of hydrogen-bond acceptors (Lipinski definition) is 6. The largest absolute Gasteiger partial charge is 0.486 e. The van der Waals surface area contributed by atoms with Crippen molar-refractivity contribution in [2.24, 2.45) is 0 Å². The first-order valence-electron chi connectivity index (χ1n) is 11.2. The minimum absolute atomic E-state index is 0.0161. The molecule has 2 aliphatic rings. The Labute approximate surface area is 204 Å². The van der Waals surface area contributed by atoms with Gasteiger partial charge in [0.1, 0.15) is 23.0 Å². The van der Waals surface area contributed by atoms with Crippen molar-refractivity contribution in [2.45, 2.75) is 70.6 Å². The number of Topliss-reactive ketones (excluding diaryl/α,β-unsaturated/α-hetero) is 1. The summed E-state index contributed by atoms with van der Waals surface area (Å²) in [5.41, 5.74) is 0.124. The molecule has 2 heterocycles. The van der Waals surface area contributed by atoms with E-state index in [1.54, 1.807) is 43.5 Å². The molecule has 1 unspecified atom stereocenters. The summed E-state index contributed by atoms with van der Waals surface area (Å²) in [7, 11) is 0. The first-order chi connectivity index (χ1) is 15.4. The Balaban J connectivity index is 1.66. The van der Waals surface area contributed by atoms with E-state index in [4.69, 9.17) is 21.1 Å². The normalized spacial score (nSPS) is 18.4. The number of piperidine rings is 1. The molecule has 1 aromatic carbocycles. The summed E-state index contributed by atoms with van der Waals surface area (Å²) in [6.07, 6.45) is 3.25. The number of alkyl carbamates (subject to hydrolysis) is 1. The maximum Gasteiger partial charge on any atom is 0.408 e. The molecule has 33 heavy (non-hydrogen) atoms. The Morgan fingerprint density at radius 1 is 1.30 bits per heavy atom. The number of benzene rings is 1. The molecule has 0 bridgehead atoms. The standard InChI is InChI=1S/C24H33ClN2O5S/c1-15-12-20-16(13-17(15)25)19(28)14-24(31-20)7-9-27(10-8-24)21(29)18(6-11-33-5)26-22(30)32-23(2,3)4/h12-13,18H,6-11,14H2,1-5H3,(H,26,30). The Kier molecular flexibility index (Phi) is 7.89. The van der Waals surface area contributed by atoms with Gasteiger partial charge in [-0.1, -0.05) is 11.6 Å². The van der Waals surface area contributed by atoms with Crippen molar-refractivity contribution in [2.75, 3.05) is 25.1 Å². The highest BCUT2D eigenvalue weighted by atomic mass is 35.5. The summed E-state index contributed by atoms with van der Waals surface area (Å²) in [6, 6.07) is 2.84. The van der Waals surface area contributed by atoms with Crippen LogP contribution in [-0.4, -0.2) is 65.0 Å². The number of amides is 2. The van der Waals surface area contributed by atoms with Crippen LogP contribution in [0.2, 0.25) is 5.02 Å². The summed E-state index contributed by atoms with van der Waals surface area (Å²) < 4.78 is 11.7. The van der Waals surface area contributed by atoms with Gasteiger partial charge in [0.15, 0.2) is 5.78 Å². The number of aryl methyl sites for hydroxylation is 1. The van der Waals surface area contributed by atoms with E-state index in [0.717, 1.165) is 11.3 Å². The predicted molar refractivity (Wildman–Crippen MR) is 130 cm³/mol. The quantitative estimate of drug-likeness (QED) is 0.640.